The maximum atomic E-state index is 11.4. The minimum atomic E-state index is -0.355. The van der Waals surface area contributed by atoms with Crippen molar-refractivity contribution in [2.75, 3.05) is 13.7 Å². The molecule has 0 aliphatic heterocycles. The van der Waals surface area contributed by atoms with Crippen LogP contribution in [0.25, 0.3) is 0 Å². The summed E-state index contributed by atoms with van der Waals surface area (Å²) in [5.74, 6) is 0.381. The summed E-state index contributed by atoms with van der Waals surface area (Å²) in [6.07, 6.45) is 3.38. The standard InChI is InChI=1S/C20H21N3O3S/c1-3-12-21-20(27)23-22-13-15-6-10-18(11-7-15)26-14-16-4-8-17(9-5-16)19(24)25-2/h3-11,13H,1,12,14H2,2H3,(H2,21,23,27)/b22-13-. The lowest BCUT2D eigenvalue weighted by atomic mass is 10.1. The van der Waals surface area contributed by atoms with Crippen molar-refractivity contribution in [3.8, 4) is 5.75 Å². The van der Waals surface area contributed by atoms with Crippen molar-refractivity contribution >= 4 is 29.5 Å². The Morgan fingerprint density at radius 1 is 1.19 bits per heavy atom. The number of esters is 1. The highest BCUT2D eigenvalue weighted by atomic mass is 32.1. The molecule has 0 aliphatic carbocycles. The molecule has 140 valence electrons. The zero-order valence-electron chi connectivity index (χ0n) is 15.0. The Balaban J connectivity index is 1.82. The lowest BCUT2D eigenvalue weighted by Gasteiger charge is -2.07. The highest BCUT2D eigenvalue weighted by molar-refractivity contribution is 7.80. The third-order valence-electron chi connectivity index (χ3n) is 3.45. The van der Waals surface area contributed by atoms with Crippen LogP contribution in [0.3, 0.4) is 0 Å². The summed E-state index contributed by atoms with van der Waals surface area (Å²) in [6, 6.07) is 14.6. The van der Waals surface area contributed by atoms with Gasteiger partial charge in [-0.1, -0.05) is 18.2 Å². The van der Waals surface area contributed by atoms with Crippen LogP contribution in [0, 0.1) is 0 Å². The van der Waals surface area contributed by atoms with Gasteiger partial charge in [0.2, 0.25) is 0 Å². The van der Waals surface area contributed by atoms with Crippen molar-refractivity contribution in [2.24, 2.45) is 5.10 Å². The summed E-state index contributed by atoms with van der Waals surface area (Å²) < 4.78 is 10.4. The van der Waals surface area contributed by atoms with Gasteiger partial charge in [-0.2, -0.15) is 5.10 Å². The minimum absolute atomic E-state index is 0.355. The molecular formula is C20H21N3O3S. The van der Waals surface area contributed by atoms with Gasteiger partial charge in [0.05, 0.1) is 18.9 Å². The van der Waals surface area contributed by atoms with Crippen molar-refractivity contribution < 1.29 is 14.3 Å². The molecule has 2 aromatic carbocycles. The topological polar surface area (TPSA) is 72.0 Å². The van der Waals surface area contributed by atoms with Crippen molar-refractivity contribution in [1.82, 2.24) is 10.7 Å². The molecule has 0 amide bonds. The van der Waals surface area contributed by atoms with Crippen LogP contribution in [0.5, 0.6) is 5.75 Å². The van der Waals surface area contributed by atoms with Gasteiger partial charge in [-0.15, -0.1) is 6.58 Å². The zero-order valence-corrected chi connectivity index (χ0v) is 15.8. The smallest absolute Gasteiger partial charge is 0.337 e. The quantitative estimate of drug-likeness (QED) is 0.240. The number of hydrogen-bond donors (Lipinski definition) is 2. The minimum Gasteiger partial charge on any atom is -0.489 e. The molecule has 0 saturated carbocycles. The lowest BCUT2D eigenvalue weighted by molar-refractivity contribution is 0.0600. The molecule has 0 bridgehead atoms. The second-order valence-corrected chi connectivity index (χ2v) is 5.82. The zero-order chi connectivity index (χ0) is 19.5. The molecule has 7 heteroatoms. The molecule has 0 heterocycles. The molecule has 2 rings (SSSR count). The molecule has 0 unspecified atom stereocenters. The molecule has 2 N–H and O–H groups in total. The summed E-state index contributed by atoms with van der Waals surface area (Å²) in [4.78, 5) is 11.4. The Kier molecular flexibility index (Phi) is 7.99. The fourth-order valence-electron chi connectivity index (χ4n) is 2.04. The van der Waals surface area contributed by atoms with E-state index >= 15 is 0 Å². The first kappa shape index (κ1) is 20.1. The summed E-state index contributed by atoms with van der Waals surface area (Å²) in [5, 5.41) is 7.41. The summed E-state index contributed by atoms with van der Waals surface area (Å²) >= 11 is 5.04. The monoisotopic (exact) mass is 383 g/mol. The van der Waals surface area contributed by atoms with Crippen molar-refractivity contribution in [3.05, 3.63) is 77.9 Å². The van der Waals surface area contributed by atoms with Crippen LogP contribution >= 0.6 is 12.2 Å². The van der Waals surface area contributed by atoms with Gasteiger partial charge in [0.1, 0.15) is 12.4 Å². The molecule has 0 fully saturated rings. The average Bonchev–Trinajstić information content (AvgIpc) is 2.71. The van der Waals surface area contributed by atoms with E-state index < -0.39 is 0 Å². The van der Waals surface area contributed by atoms with E-state index in [1.807, 2.05) is 36.4 Å². The van der Waals surface area contributed by atoms with Gasteiger partial charge < -0.3 is 14.8 Å². The third kappa shape index (κ3) is 6.91. The Morgan fingerprint density at radius 2 is 1.89 bits per heavy atom. The van der Waals surface area contributed by atoms with Gasteiger partial charge in [-0.25, -0.2) is 4.79 Å². The van der Waals surface area contributed by atoms with Crippen LogP contribution in [0.15, 0.2) is 66.3 Å². The van der Waals surface area contributed by atoms with Gasteiger partial charge in [-0.05, 0) is 59.7 Å². The van der Waals surface area contributed by atoms with E-state index in [1.165, 1.54) is 7.11 Å². The van der Waals surface area contributed by atoms with E-state index in [0.29, 0.717) is 23.8 Å². The summed E-state index contributed by atoms with van der Waals surface area (Å²) in [7, 11) is 1.36. The normalized spacial score (nSPS) is 10.3. The van der Waals surface area contributed by atoms with Crippen molar-refractivity contribution in [1.29, 1.82) is 0 Å². The van der Waals surface area contributed by atoms with E-state index in [1.54, 1.807) is 24.4 Å². The number of methoxy groups -OCH3 is 1. The Bertz CT molecular complexity index is 802. The van der Waals surface area contributed by atoms with Crippen LogP contribution in [0.4, 0.5) is 0 Å². The van der Waals surface area contributed by atoms with E-state index in [-0.39, 0.29) is 5.97 Å². The molecular weight excluding hydrogens is 362 g/mol. The molecule has 27 heavy (non-hydrogen) atoms. The van der Waals surface area contributed by atoms with Crippen molar-refractivity contribution in [2.45, 2.75) is 6.61 Å². The maximum Gasteiger partial charge on any atom is 0.337 e. The second kappa shape index (κ2) is 10.7. The number of ether oxygens (including phenoxy) is 2. The third-order valence-corrected chi connectivity index (χ3v) is 3.68. The number of nitrogens with one attached hydrogen (secondary N) is 2. The number of thiocarbonyl (C=S) groups is 1. The van der Waals surface area contributed by atoms with Gasteiger partial charge in [-0.3, -0.25) is 5.43 Å². The van der Waals surface area contributed by atoms with Gasteiger partial charge >= 0.3 is 5.97 Å². The van der Waals surface area contributed by atoms with Crippen LogP contribution in [0.1, 0.15) is 21.5 Å². The van der Waals surface area contributed by atoms with Gasteiger partial charge in [0, 0.05) is 6.54 Å². The number of carbonyl (C=O) groups excluding carboxylic acids is 1. The molecule has 0 radical (unpaired) electrons. The molecule has 0 aromatic heterocycles. The fraction of sp³-hybridized carbons (Fsp3) is 0.150. The van der Waals surface area contributed by atoms with E-state index in [4.69, 9.17) is 17.0 Å². The molecule has 0 spiro atoms. The number of benzene rings is 2. The van der Waals surface area contributed by atoms with Gasteiger partial charge in [0.15, 0.2) is 5.11 Å². The number of hydrazone groups is 1. The number of carbonyl (C=O) groups is 1. The number of hydrogen-bond acceptors (Lipinski definition) is 5. The Labute approximate surface area is 163 Å². The van der Waals surface area contributed by atoms with Crippen LogP contribution in [0.2, 0.25) is 0 Å². The van der Waals surface area contributed by atoms with E-state index in [2.05, 4.69) is 27.2 Å². The first-order chi connectivity index (χ1) is 13.1. The number of nitrogens with zero attached hydrogens (tertiary/aromatic N) is 1. The maximum absolute atomic E-state index is 11.4. The summed E-state index contributed by atoms with van der Waals surface area (Å²) in [6.45, 7) is 4.58. The Morgan fingerprint density at radius 3 is 2.52 bits per heavy atom. The highest BCUT2D eigenvalue weighted by Gasteiger charge is 2.04. The van der Waals surface area contributed by atoms with Crippen LogP contribution in [-0.2, 0) is 11.3 Å². The molecule has 0 atom stereocenters. The average molecular weight is 383 g/mol. The SMILES string of the molecule is C=CCNC(=S)N/N=C\c1ccc(OCc2ccc(C(=O)OC)cc2)cc1. The first-order valence-corrected chi connectivity index (χ1v) is 8.61. The van der Waals surface area contributed by atoms with Crippen molar-refractivity contribution in [3.63, 3.8) is 0 Å². The van der Waals surface area contributed by atoms with Gasteiger partial charge in [0.25, 0.3) is 0 Å². The van der Waals surface area contributed by atoms with Crippen LogP contribution in [-0.4, -0.2) is 31.0 Å². The number of rotatable bonds is 8. The molecule has 2 aromatic rings. The van der Waals surface area contributed by atoms with E-state index in [9.17, 15) is 4.79 Å². The predicted octanol–water partition coefficient (Wildman–Crippen LogP) is 3.04. The second-order valence-electron chi connectivity index (χ2n) is 5.41. The Hall–Kier alpha value is -3.19. The molecule has 0 aliphatic rings. The van der Waals surface area contributed by atoms with E-state index in [0.717, 1.165) is 16.9 Å². The predicted molar refractivity (Wildman–Crippen MR) is 110 cm³/mol. The fourth-order valence-corrected chi connectivity index (χ4v) is 2.18. The largest absolute Gasteiger partial charge is 0.489 e. The first-order valence-electron chi connectivity index (χ1n) is 8.20. The lowest BCUT2D eigenvalue weighted by Crippen LogP contribution is -2.31. The van der Waals surface area contributed by atoms with Crippen LogP contribution < -0.4 is 15.5 Å². The molecule has 0 saturated heterocycles. The molecule has 6 nitrogen and oxygen atoms in total. The highest BCUT2D eigenvalue weighted by Crippen LogP contribution is 2.14. The summed E-state index contributed by atoms with van der Waals surface area (Å²) in [5.41, 5.74) is 5.10.